The predicted octanol–water partition coefficient (Wildman–Crippen LogP) is 4.41. The molecule has 23 heavy (non-hydrogen) atoms. The highest BCUT2D eigenvalue weighted by atomic mass is 19.2. The third-order valence-electron chi connectivity index (χ3n) is 3.15. The summed E-state index contributed by atoms with van der Waals surface area (Å²) in [5.74, 6) is -11.4. The van der Waals surface area contributed by atoms with Gasteiger partial charge in [-0.1, -0.05) is 17.7 Å². The predicted molar refractivity (Wildman–Crippen MR) is 69.7 cm³/mol. The lowest BCUT2D eigenvalue weighted by molar-refractivity contribution is 0.378. The molecule has 3 aromatic rings. The Labute approximate surface area is 126 Å². The van der Waals surface area contributed by atoms with Gasteiger partial charge < -0.3 is 4.42 Å². The topological polar surface area (TPSA) is 38.9 Å². The zero-order valence-corrected chi connectivity index (χ0v) is 11.5. The number of hydrogen-bond acceptors (Lipinski definition) is 3. The SMILES string of the molecule is Cc1ccc(-c2nnc(-c3c(F)c(F)c(F)c(F)c3F)o2)cc1. The summed E-state index contributed by atoms with van der Waals surface area (Å²) in [4.78, 5) is 0. The lowest BCUT2D eigenvalue weighted by Crippen LogP contribution is -2.04. The van der Waals surface area contributed by atoms with Gasteiger partial charge in [0.1, 0.15) is 5.56 Å². The van der Waals surface area contributed by atoms with Crippen molar-refractivity contribution in [1.29, 1.82) is 0 Å². The van der Waals surface area contributed by atoms with E-state index in [1.54, 1.807) is 24.3 Å². The highest BCUT2D eigenvalue weighted by molar-refractivity contribution is 5.59. The molecule has 0 bridgehead atoms. The van der Waals surface area contributed by atoms with E-state index in [9.17, 15) is 22.0 Å². The Kier molecular flexibility index (Phi) is 3.59. The molecule has 0 aliphatic heterocycles. The summed E-state index contributed by atoms with van der Waals surface area (Å²) < 4.78 is 71.9. The van der Waals surface area contributed by atoms with E-state index in [1.165, 1.54) is 0 Å². The average Bonchev–Trinajstić information content (AvgIpc) is 3.01. The first kappa shape index (κ1) is 15.1. The molecule has 0 amide bonds. The van der Waals surface area contributed by atoms with Gasteiger partial charge in [-0.15, -0.1) is 10.2 Å². The number of nitrogens with zero attached hydrogens (tertiary/aromatic N) is 2. The maximum atomic E-state index is 13.7. The van der Waals surface area contributed by atoms with E-state index in [4.69, 9.17) is 4.42 Å². The van der Waals surface area contributed by atoms with Gasteiger partial charge >= 0.3 is 0 Å². The van der Waals surface area contributed by atoms with Crippen molar-refractivity contribution in [3.63, 3.8) is 0 Å². The molecule has 1 aromatic heterocycles. The Morgan fingerprint density at radius 3 is 1.74 bits per heavy atom. The first-order valence-electron chi connectivity index (χ1n) is 6.32. The van der Waals surface area contributed by atoms with Crippen molar-refractivity contribution in [2.75, 3.05) is 0 Å². The number of halogens is 5. The van der Waals surface area contributed by atoms with Crippen LogP contribution in [0.2, 0.25) is 0 Å². The third-order valence-corrected chi connectivity index (χ3v) is 3.15. The number of hydrogen-bond donors (Lipinski definition) is 0. The number of benzene rings is 2. The molecular weight excluding hydrogens is 319 g/mol. The number of rotatable bonds is 2. The molecule has 0 spiro atoms. The summed E-state index contributed by atoms with van der Waals surface area (Å²) in [7, 11) is 0. The Balaban J connectivity index is 2.13. The van der Waals surface area contributed by atoms with Crippen LogP contribution in [0.5, 0.6) is 0 Å². The van der Waals surface area contributed by atoms with E-state index >= 15 is 0 Å². The van der Waals surface area contributed by atoms with E-state index in [-0.39, 0.29) is 5.89 Å². The molecule has 0 saturated heterocycles. The first-order valence-corrected chi connectivity index (χ1v) is 6.32. The lowest BCUT2D eigenvalue weighted by Gasteiger charge is -2.04. The van der Waals surface area contributed by atoms with Crippen LogP contribution in [0, 0.1) is 36.0 Å². The second-order valence-electron chi connectivity index (χ2n) is 4.72. The number of aryl methyl sites for hydroxylation is 1. The van der Waals surface area contributed by atoms with E-state index in [2.05, 4.69) is 10.2 Å². The van der Waals surface area contributed by atoms with Crippen LogP contribution in [-0.4, -0.2) is 10.2 Å². The fourth-order valence-corrected chi connectivity index (χ4v) is 1.93. The highest BCUT2D eigenvalue weighted by Crippen LogP contribution is 2.32. The Morgan fingerprint density at radius 2 is 1.17 bits per heavy atom. The van der Waals surface area contributed by atoms with Gasteiger partial charge in [-0.05, 0) is 19.1 Å². The van der Waals surface area contributed by atoms with Gasteiger partial charge in [0.2, 0.25) is 11.7 Å². The van der Waals surface area contributed by atoms with Crippen molar-refractivity contribution < 1.29 is 26.4 Å². The van der Waals surface area contributed by atoms with Gasteiger partial charge in [0.15, 0.2) is 23.3 Å². The van der Waals surface area contributed by atoms with Crippen LogP contribution in [-0.2, 0) is 0 Å². The molecule has 3 rings (SSSR count). The maximum Gasteiger partial charge on any atom is 0.254 e. The minimum atomic E-state index is -2.25. The fourth-order valence-electron chi connectivity index (χ4n) is 1.93. The smallest absolute Gasteiger partial charge is 0.254 e. The van der Waals surface area contributed by atoms with Crippen molar-refractivity contribution in [2.45, 2.75) is 6.92 Å². The summed E-state index contributed by atoms with van der Waals surface area (Å²) in [6, 6.07) is 6.70. The average molecular weight is 326 g/mol. The quantitative estimate of drug-likeness (QED) is 0.398. The van der Waals surface area contributed by atoms with Crippen LogP contribution in [0.3, 0.4) is 0 Å². The van der Waals surface area contributed by atoms with Crippen LogP contribution in [0.1, 0.15) is 5.56 Å². The monoisotopic (exact) mass is 326 g/mol. The van der Waals surface area contributed by atoms with Gasteiger partial charge in [0.25, 0.3) is 5.89 Å². The molecule has 0 aliphatic rings. The molecule has 0 saturated carbocycles. The van der Waals surface area contributed by atoms with Crippen LogP contribution >= 0.6 is 0 Å². The first-order chi connectivity index (χ1) is 10.9. The Hall–Kier alpha value is -2.77. The normalized spacial score (nSPS) is 11.0. The third kappa shape index (κ3) is 2.45. The largest absolute Gasteiger partial charge is 0.416 e. The van der Waals surface area contributed by atoms with Gasteiger partial charge in [-0.3, -0.25) is 0 Å². The lowest BCUT2D eigenvalue weighted by atomic mass is 10.1. The molecular formula is C15H7F5N2O. The second kappa shape index (κ2) is 5.45. The van der Waals surface area contributed by atoms with Crippen LogP contribution in [0.15, 0.2) is 28.7 Å². The van der Waals surface area contributed by atoms with Crippen LogP contribution in [0.25, 0.3) is 22.9 Å². The molecule has 3 nitrogen and oxygen atoms in total. The number of aromatic nitrogens is 2. The zero-order valence-electron chi connectivity index (χ0n) is 11.5. The van der Waals surface area contributed by atoms with Gasteiger partial charge in [0, 0.05) is 5.56 Å². The van der Waals surface area contributed by atoms with Crippen molar-refractivity contribution >= 4 is 0 Å². The summed E-state index contributed by atoms with van der Waals surface area (Å²) in [5.41, 5.74) is 0.138. The fraction of sp³-hybridized carbons (Fsp3) is 0.0667. The molecule has 0 N–H and O–H groups in total. The maximum absolute atomic E-state index is 13.7. The van der Waals surface area contributed by atoms with Gasteiger partial charge in [0.05, 0.1) is 0 Å². The molecule has 1 heterocycles. The van der Waals surface area contributed by atoms with E-state index < -0.39 is 40.5 Å². The molecule has 0 unspecified atom stereocenters. The van der Waals surface area contributed by atoms with Crippen LogP contribution in [0.4, 0.5) is 22.0 Å². The molecule has 0 radical (unpaired) electrons. The van der Waals surface area contributed by atoms with E-state index in [0.717, 1.165) is 5.56 Å². The summed E-state index contributed by atoms with van der Waals surface area (Å²) in [5, 5.41) is 6.93. The van der Waals surface area contributed by atoms with Crippen molar-refractivity contribution in [2.24, 2.45) is 0 Å². The van der Waals surface area contributed by atoms with Crippen molar-refractivity contribution in [3.8, 4) is 22.9 Å². The Morgan fingerprint density at radius 1 is 0.696 bits per heavy atom. The molecule has 0 atom stereocenters. The second-order valence-corrected chi connectivity index (χ2v) is 4.72. The molecule has 8 heteroatoms. The summed E-state index contributed by atoms with van der Waals surface area (Å²) in [6.45, 7) is 1.85. The molecule has 2 aromatic carbocycles. The van der Waals surface area contributed by atoms with E-state index in [0.29, 0.717) is 5.56 Å². The standard InChI is InChI=1S/C15H7F5N2O/c1-6-2-4-7(5-3-6)14-21-22-15(23-14)8-9(16)11(18)13(20)12(19)10(8)17/h2-5H,1H3. The summed E-state index contributed by atoms with van der Waals surface area (Å²) in [6.07, 6.45) is 0. The van der Waals surface area contributed by atoms with Crippen molar-refractivity contribution in [1.82, 2.24) is 10.2 Å². The molecule has 118 valence electrons. The Bertz CT molecular complexity index is 861. The van der Waals surface area contributed by atoms with Crippen molar-refractivity contribution in [3.05, 3.63) is 58.9 Å². The molecule has 0 aliphatic carbocycles. The minimum Gasteiger partial charge on any atom is -0.416 e. The minimum absolute atomic E-state index is 0.107. The van der Waals surface area contributed by atoms with E-state index in [1.807, 2.05) is 6.92 Å². The summed E-state index contributed by atoms with van der Waals surface area (Å²) >= 11 is 0. The van der Waals surface area contributed by atoms with Gasteiger partial charge in [-0.2, -0.15) is 0 Å². The van der Waals surface area contributed by atoms with Crippen LogP contribution < -0.4 is 0 Å². The zero-order chi connectivity index (χ0) is 16.7. The molecule has 0 fully saturated rings. The van der Waals surface area contributed by atoms with Gasteiger partial charge in [-0.25, -0.2) is 22.0 Å². The highest BCUT2D eigenvalue weighted by Gasteiger charge is 2.29.